The molecule has 122 valence electrons. The zero-order valence-electron chi connectivity index (χ0n) is 13.0. The normalized spacial score (nSPS) is 18.8. The smallest absolute Gasteiger partial charge is 0.286 e. The van der Waals surface area contributed by atoms with Gasteiger partial charge in [-0.1, -0.05) is 18.3 Å². The lowest BCUT2D eigenvalue weighted by Gasteiger charge is -2.29. The van der Waals surface area contributed by atoms with E-state index in [0.29, 0.717) is 16.6 Å². The molecule has 1 fully saturated rings. The van der Waals surface area contributed by atoms with Gasteiger partial charge >= 0.3 is 0 Å². The molecule has 0 spiro atoms. The highest BCUT2D eigenvalue weighted by Crippen LogP contribution is 2.20. The number of halogens is 1. The van der Waals surface area contributed by atoms with Gasteiger partial charge in [-0.25, -0.2) is 4.39 Å². The first-order valence-corrected chi connectivity index (χ1v) is 8.53. The number of carbonyl (C=O) groups is 1. The van der Waals surface area contributed by atoms with Crippen LogP contribution in [0.25, 0.3) is 0 Å². The molecule has 1 saturated heterocycles. The molecule has 3 rings (SSSR count). The first-order valence-electron chi connectivity index (χ1n) is 7.72. The van der Waals surface area contributed by atoms with Gasteiger partial charge in [0.2, 0.25) is 5.01 Å². The lowest BCUT2D eigenvalue weighted by atomic mass is 10.0. The van der Waals surface area contributed by atoms with Gasteiger partial charge in [-0.15, -0.1) is 10.2 Å². The summed E-state index contributed by atoms with van der Waals surface area (Å²) in [5.41, 5.74) is 0.540. The molecule has 0 unspecified atom stereocenters. The average Bonchev–Trinajstić information content (AvgIpc) is 2.98. The molecule has 1 aromatic heterocycles. The number of nitrogens with zero attached hydrogens (tertiary/aromatic N) is 3. The van der Waals surface area contributed by atoms with Crippen molar-refractivity contribution in [2.24, 2.45) is 5.92 Å². The second kappa shape index (κ2) is 7.14. The summed E-state index contributed by atoms with van der Waals surface area (Å²) in [6.45, 7) is 5.14. The van der Waals surface area contributed by atoms with E-state index in [9.17, 15) is 9.18 Å². The second-order valence-electron chi connectivity index (χ2n) is 5.94. The third kappa shape index (κ3) is 4.33. The highest BCUT2D eigenvalue weighted by molar-refractivity contribution is 7.13. The Bertz CT molecular complexity index is 673. The zero-order chi connectivity index (χ0) is 16.2. The van der Waals surface area contributed by atoms with Crippen molar-refractivity contribution in [1.82, 2.24) is 15.1 Å². The van der Waals surface area contributed by atoms with Crippen molar-refractivity contribution in [3.8, 4) is 0 Å². The van der Waals surface area contributed by atoms with E-state index in [1.807, 2.05) is 0 Å². The van der Waals surface area contributed by atoms with Crippen LogP contribution in [0.1, 0.15) is 34.6 Å². The minimum absolute atomic E-state index is 0.313. The Morgan fingerprint density at radius 3 is 2.91 bits per heavy atom. The maximum absolute atomic E-state index is 12.9. The number of carbonyl (C=O) groups excluding carboxylic acids is 1. The zero-order valence-corrected chi connectivity index (χ0v) is 13.8. The Morgan fingerprint density at radius 1 is 1.39 bits per heavy atom. The molecule has 2 aromatic rings. The molecule has 5 nitrogen and oxygen atoms in total. The Balaban J connectivity index is 1.59. The molecule has 0 radical (unpaired) electrons. The van der Waals surface area contributed by atoms with Crippen LogP contribution < -0.4 is 5.32 Å². The summed E-state index contributed by atoms with van der Waals surface area (Å²) in [6, 6.07) is 5.64. The predicted molar refractivity (Wildman–Crippen MR) is 87.9 cm³/mol. The van der Waals surface area contributed by atoms with Gasteiger partial charge in [0.05, 0.1) is 6.54 Å². The Morgan fingerprint density at radius 2 is 2.17 bits per heavy atom. The summed E-state index contributed by atoms with van der Waals surface area (Å²) in [7, 11) is 0. The summed E-state index contributed by atoms with van der Waals surface area (Å²) in [4.78, 5) is 14.5. The average molecular weight is 334 g/mol. The predicted octanol–water partition coefficient (Wildman–Crippen LogP) is 3.16. The number of amides is 1. The van der Waals surface area contributed by atoms with Crippen LogP contribution in [0.15, 0.2) is 24.3 Å². The number of nitrogens with one attached hydrogen (secondary N) is 1. The van der Waals surface area contributed by atoms with Crippen LogP contribution >= 0.6 is 11.3 Å². The van der Waals surface area contributed by atoms with Crippen molar-refractivity contribution in [3.05, 3.63) is 40.1 Å². The third-order valence-electron chi connectivity index (χ3n) is 3.86. The molecule has 7 heteroatoms. The van der Waals surface area contributed by atoms with Crippen LogP contribution in [-0.4, -0.2) is 34.1 Å². The number of likely N-dealkylation sites (tertiary alicyclic amines) is 1. The van der Waals surface area contributed by atoms with Crippen LogP contribution in [-0.2, 0) is 6.54 Å². The van der Waals surface area contributed by atoms with Gasteiger partial charge in [-0.2, -0.15) is 0 Å². The fourth-order valence-electron chi connectivity index (χ4n) is 2.75. The largest absolute Gasteiger partial charge is 0.320 e. The van der Waals surface area contributed by atoms with E-state index >= 15 is 0 Å². The minimum atomic E-state index is -0.336. The maximum Gasteiger partial charge on any atom is 0.286 e. The second-order valence-corrected chi connectivity index (χ2v) is 7.01. The standard InChI is InChI=1S/C16H19FN4OS/c1-11-3-2-8-21(9-11)10-14-19-20-16(23-14)15(22)18-13-6-4-12(17)5-7-13/h4-7,11H,2-3,8-10H2,1H3,(H,18,22)/t11-/m0/s1. The molecule has 1 aromatic carbocycles. The van der Waals surface area contributed by atoms with Gasteiger partial charge in [-0.3, -0.25) is 9.69 Å². The van der Waals surface area contributed by atoms with Crippen LogP contribution in [0.4, 0.5) is 10.1 Å². The first kappa shape index (κ1) is 16.0. The third-order valence-corrected chi connectivity index (χ3v) is 4.77. The van der Waals surface area contributed by atoms with Crippen molar-refractivity contribution >= 4 is 22.9 Å². The quantitative estimate of drug-likeness (QED) is 0.933. The van der Waals surface area contributed by atoms with Gasteiger partial charge < -0.3 is 5.32 Å². The van der Waals surface area contributed by atoms with Crippen molar-refractivity contribution in [1.29, 1.82) is 0 Å². The van der Waals surface area contributed by atoms with E-state index in [2.05, 4.69) is 27.3 Å². The van der Waals surface area contributed by atoms with Crippen LogP contribution in [0.5, 0.6) is 0 Å². The van der Waals surface area contributed by atoms with Crippen LogP contribution in [0.2, 0.25) is 0 Å². The monoisotopic (exact) mass is 334 g/mol. The van der Waals surface area contributed by atoms with Gasteiger partial charge in [-0.05, 0) is 49.6 Å². The molecular formula is C16H19FN4OS. The van der Waals surface area contributed by atoms with E-state index in [1.54, 1.807) is 0 Å². The Hall–Kier alpha value is -1.86. The topological polar surface area (TPSA) is 58.1 Å². The molecule has 1 aliphatic heterocycles. The molecule has 0 saturated carbocycles. The molecule has 0 bridgehead atoms. The number of hydrogen-bond donors (Lipinski definition) is 1. The maximum atomic E-state index is 12.9. The van der Waals surface area contributed by atoms with Crippen LogP contribution in [0, 0.1) is 11.7 Å². The fourth-order valence-corrected chi connectivity index (χ4v) is 3.53. The lowest BCUT2D eigenvalue weighted by molar-refractivity contribution is 0.102. The molecule has 1 atom stereocenters. The van der Waals surface area contributed by atoms with E-state index < -0.39 is 0 Å². The number of anilines is 1. The van der Waals surface area contributed by atoms with Crippen molar-refractivity contribution in [2.75, 3.05) is 18.4 Å². The summed E-state index contributed by atoms with van der Waals surface area (Å²) in [6.07, 6.45) is 2.48. The van der Waals surface area contributed by atoms with E-state index in [4.69, 9.17) is 0 Å². The van der Waals surface area contributed by atoms with Crippen molar-refractivity contribution in [3.63, 3.8) is 0 Å². The number of hydrogen-bond acceptors (Lipinski definition) is 5. The lowest BCUT2D eigenvalue weighted by Crippen LogP contribution is -2.33. The summed E-state index contributed by atoms with van der Waals surface area (Å²) in [5.74, 6) is 0.0576. The molecule has 23 heavy (non-hydrogen) atoms. The number of benzene rings is 1. The molecule has 2 heterocycles. The van der Waals surface area contributed by atoms with Gasteiger partial charge in [0.25, 0.3) is 5.91 Å². The number of piperidine rings is 1. The minimum Gasteiger partial charge on any atom is -0.320 e. The molecular weight excluding hydrogens is 315 g/mol. The molecule has 1 N–H and O–H groups in total. The Kier molecular flexibility index (Phi) is 4.97. The number of rotatable bonds is 4. The van der Waals surface area contributed by atoms with E-state index in [1.165, 1.54) is 48.4 Å². The van der Waals surface area contributed by atoms with E-state index in [0.717, 1.165) is 24.6 Å². The highest BCUT2D eigenvalue weighted by atomic mass is 32.1. The molecule has 1 amide bonds. The highest BCUT2D eigenvalue weighted by Gasteiger charge is 2.19. The summed E-state index contributed by atoms with van der Waals surface area (Å²) in [5, 5.41) is 12.0. The van der Waals surface area contributed by atoms with Crippen molar-refractivity contribution in [2.45, 2.75) is 26.3 Å². The van der Waals surface area contributed by atoms with Gasteiger partial charge in [0, 0.05) is 12.2 Å². The number of aromatic nitrogens is 2. The molecule has 1 aliphatic rings. The van der Waals surface area contributed by atoms with E-state index in [-0.39, 0.29) is 11.7 Å². The van der Waals surface area contributed by atoms with Crippen molar-refractivity contribution < 1.29 is 9.18 Å². The molecule has 0 aliphatic carbocycles. The summed E-state index contributed by atoms with van der Waals surface area (Å²) >= 11 is 1.31. The summed E-state index contributed by atoms with van der Waals surface area (Å²) < 4.78 is 12.9. The van der Waals surface area contributed by atoms with Crippen LogP contribution in [0.3, 0.4) is 0 Å². The SMILES string of the molecule is C[C@H]1CCCN(Cc2nnc(C(=O)Nc3ccc(F)cc3)s2)C1. The van der Waals surface area contributed by atoms with Gasteiger partial charge in [0.15, 0.2) is 0 Å². The fraction of sp³-hybridized carbons (Fsp3) is 0.438. The Labute approximate surface area is 138 Å². The first-order chi connectivity index (χ1) is 11.1. The van der Waals surface area contributed by atoms with Gasteiger partial charge in [0.1, 0.15) is 10.8 Å².